The predicted molar refractivity (Wildman–Crippen MR) is 64.7 cm³/mol. The highest BCUT2D eigenvalue weighted by Gasteiger charge is 2.26. The molecule has 0 saturated carbocycles. The average molecular weight is 302 g/mol. The molecule has 0 aliphatic rings. The Bertz CT molecular complexity index is 758. The minimum atomic E-state index is -4.12. The number of aromatic carboxylic acids is 1. The molecule has 3 N–H and O–H groups in total. The van der Waals surface area contributed by atoms with Crippen LogP contribution in [0, 0.1) is 0 Å². The first kappa shape index (κ1) is 13.2. The van der Waals surface area contributed by atoms with Gasteiger partial charge in [-0.25, -0.2) is 23.3 Å². The number of thiazole rings is 1. The van der Waals surface area contributed by atoms with Gasteiger partial charge in [0.25, 0.3) is 15.6 Å². The van der Waals surface area contributed by atoms with Crippen LogP contribution in [0.5, 0.6) is 0 Å². The minimum Gasteiger partial charge on any atom is -0.476 e. The van der Waals surface area contributed by atoms with Gasteiger partial charge in [0.15, 0.2) is 15.7 Å². The van der Waals surface area contributed by atoms with Crippen LogP contribution in [-0.2, 0) is 10.0 Å². The van der Waals surface area contributed by atoms with Gasteiger partial charge in [-0.05, 0) is 6.07 Å². The summed E-state index contributed by atoms with van der Waals surface area (Å²) < 4.78 is 25.5. The molecule has 0 unspecified atom stereocenters. The lowest BCUT2D eigenvalue weighted by atomic mass is 10.5. The summed E-state index contributed by atoms with van der Waals surface area (Å²) in [5.74, 6) is -1.58. The van der Waals surface area contributed by atoms with Crippen LogP contribution < -0.4 is 10.3 Å². The highest BCUT2D eigenvalue weighted by molar-refractivity contribution is 7.94. The number of carboxylic acid groups (broad SMARTS) is 1. The van der Waals surface area contributed by atoms with Gasteiger partial charge in [0.1, 0.15) is 0 Å². The number of anilines is 1. The lowest BCUT2D eigenvalue weighted by Gasteiger charge is -2.04. The standard InChI is InChI=1S/C8H6N4O5S2/c13-5-2-1-4(10-11-5)12-19(16,17)8-6(7(14)15)9-3-18-8/h1-3H,(H,10,12)(H,11,13)(H,14,15). The number of rotatable bonds is 4. The number of carbonyl (C=O) groups is 1. The van der Waals surface area contributed by atoms with Gasteiger partial charge in [-0.15, -0.1) is 11.3 Å². The fourth-order valence-corrected chi connectivity index (χ4v) is 3.30. The largest absolute Gasteiger partial charge is 0.476 e. The first-order valence-electron chi connectivity index (χ1n) is 4.65. The summed E-state index contributed by atoms with van der Waals surface area (Å²) >= 11 is 0.665. The number of hydrogen-bond donors (Lipinski definition) is 3. The lowest BCUT2D eigenvalue weighted by molar-refractivity contribution is 0.0687. The highest BCUT2D eigenvalue weighted by atomic mass is 32.2. The molecule has 0 atom stereocenters. The number of nitrogens with zero attached hydrogens (tertiary/aromatic N) is 2. The number of H-pyrrole nitrogens is 1. The normalized spacial score (nSPS) is 11.2. The Balaban J connectivity index is 2.38. The fraction of sp³-hybridized carbons (Fsp3) is 0. The second-order valence-corrected chi connectivity index (χ2v) is 5.94. The van der Waals surface area contributed by atoms with Crippen molar-refractivity contribution in [2.75, 3.05) is 4.72 Å². The van der Waals surface area contributed by atoms with Crippen molar-refractivity contribution in [2.24, 2.45) is 0 Å². The first-order chi connectivity index (χ1) is 8.90. The zero-order valence-corrected chi connectivity index (χ0v) is 10.7. The van der Waals surface area contributed by atoms with E-state index in [4.69, 9.17) is 5.11 Å². The molecule has 2 rings (SSSR count). The summed E-state index contributed by atoms with van der Waals surface area (Å²) in [4.78, 5) is 25.1. The molecule has 9 nitrogen and oxygen atoms in total. The van der Waals surface area contributed by atoms with Crippen LogP contribution in [0.4, 0.5) is 5.82 Å². The van der Waals surface area contributed by atoms with Gasteiger partial charge >= 0.3 is 5.97 Å². The van der Waals surface area contributed by atoms with E-state index in [0.717, 1.165) is 17.6 Å². The SMILES string of the molecule is O=C(O)c1ncsc1S(=O)(=O)Nc1ccc(=O)[nH]n1. The van der Waals surface area contributed by atoms with Crippen LogP contribution in [0.2, 0.25) is 0 Å². The van der Waals surface area contributed by atoms with Crippen LogP contribution >= 0.6 is 11.3 Å². The van der Waals surface area contributed by atoms with Crippen molar-refractivity contribution in [3.05, 3.63) is 33.7 Å². The molecule has 2 heterocycles. The molecule has 100 valence electrons. The van der Waals surface area contributed by atoms with Gasteiger partial charge in [0.05, 0.1) is 5.51 Å². The van der Waals surface area contributed by atoms with E-state index in [2.05, 4.69) is 10.1 Å². The molecule has 0 aliphatic heterocycles. The van der Waals surface area contributed by atoms with Crippen molar-refractivity contribution in [3.8, 4) is 0 Å². The summed E-state index contributed by atoms with van der Waals surface area (Å²) in [6.07, 6.45) is 0. The summed E-state index contributed by atoms with van der Waals surface area (Å²) in [7, 11) is -4.12. The fourth-order valence-electron chi connectivity index (χ4n) is 1.15. The number of sulfonamides is 1. The molecule has 0 spiro atoms. The van der Waals surface area contributed by atoms with E-state index in [1.807, 2.05) is 9.82 Å². The van der Waals surface area contributed by atoms with Crippen LogP contribution in [0.3, 0.4) is 0 Å². The van der Waals surface area contributed by atoms with Gasteiger partial charge in [0.2, 0.25) is 0 Å². The van der Waals surface area contributed by atoms with Crippen molar-refractivity contribution in [1.82, 2.24) is 15.2 Å². The van der Waals surface area contributed by atoms with E-state index in [0.29, 0.717) is 11.3 Å². The quantitative estimate of drug-likeness (QED) is 0.705. The topological polar surface area (TPSA) is 142 Å². The first-order valence-corrected chi connectivity index (χ1v) is 7.02. The zero-order chi connectivity index (χ0) is 14.0. The smallest absolute Gasteiger partial charge is 0.356 e. The van der Waals surface area contributed by atoms with E-state index in [9.17, 15) is 18.0 Å². The van der Waals surface area contributed by atoms with E-state index in [1.165, 1.54) is 0 Å². The Morgan fingerprint density at radius 3 is 2.74 bits per heavy atom. The van der Waals surface area contributed by atoms with Crippen LogP contribution in [0.25, 0.3) is 0 Å². The summed E-state index contributed by atoms with van der Waals surface area (Å²) in [5, 5.41) is 14.3. The van der Waals surface area contributed by atoms with E-state index < -0.39 is 31.5 Å². The van der Waals surface area contributed by atoms with Crippen molar-refractivity contribution in [2.45, 2.75) is 4.21 Å². The van der Waals surface area contributed by atoms with Crippen molar-refractivity contribution < 1.29 is 18.3 Å². The van der Waals surface area contributed by atoms with Crippen LogP contribution in [0.1, 0.15) is 10.5 Å². The number of nitrogens with one attached hydrogen (secondary N) is 2. The molecule has 19 heavy (non-hydrogen) atoms. The maximum atomic E-state index is 11.9. The molecule has 0 saturated heterocycles. The third-order valence-electron chi connectivity index (χ3n) is 1.90. The molecule has 0 radical (unpaired) electrons. The average Bonchev–Trinajstić information content (AvgIpc) is 2.82. The molecule has 0 fully saturated rings. The monoisotopic (exact) mass is 302 g/mol. The number of carboxylic acids is 1. The Kier molecular flexibility index (Phi) is 3.31. The van der Waals surface area contributed by atoms with E-state index >= 15 is 0 Å². The Morgan fingerprint density at radius 2 is 2.16 bits per heavy atom. The molecule has 0 bridgehead atoms. The summed E-state index contributed by atoms with van der Waals surface area (Å²) in [6, 6.07) is 2.23. The molecule has 0 aliphatic carbocycles. The lowest BCUT2D eigenvalue weighted by Crippen LogP contribution is -2.17. The van der Waals surface area contributed by atoms with Gasteiger partial charge in [-0.1, -0.05) is 0 Å². The molecule has 0 amide bonds. The third kappa shape index (κ3) is 2.77. The zero-order valence-electron chi connectivity index (χ0n) is 9.02. The van der Waals surface area contributed by atoms with Crippen molar-refractivity contribution in [3.63, 3.8) is 0 Å². The Morgan fingerprint density at radius 1 is 1.42 bits per heavy atom. The molecule has 11 heteroatoms. The summed E-state index contributed by atoms with van der Waals surface area (Å²) in [6.45, 7) is 0. The Hall–Kier alpha value is -2.27. The maximum absolute atomic E-state index is 11.9. The predicted octanol–water partition coefficient (Wildman–Crippen LogP) is -0.275. The molecule has 0 aromatic carbocycles. The second-order valence-electron chi connectivity index (χ2n) is 3.21. The molecular weight excluding hydrogens is 296 g/mol. The maximum Gasteiger partial charge on any atom is 0.356 e. The summed E-state index contributed by atoms with van der Waals surface area (Å²) in [5.41, 5.74) is 0.0482. The number of aromatic nitrogens is 3. The number of hydrogen-bond acceptors (Lipinski definition) is 7. The van der Waals surface area contributed by atoms with Crippen LogP contribution in [-0.4, -0.2) is 34.7 Å². The highest BCUT2D eigenvalue weighted by Crippen LogP contribution is 2.22. The molecule has 2 aromatic rings. The van der Waals surface area contributed by atoms with Crippen molar-refractivity contribution in [1.29, 1.82) is 0 Å². The second kappa shape index (κ2) is 4.78. The Labute approximate surface area is 110 Å². The minimum absolute atomic E-state index is 0.135. The third-order valence-corrected chi connectivity index (χ3v) is 4.62. The van der Waals surface area contributed by atoms with Gasteiger partial charge in [0, 0.05) is 6.07 Å². The molecule has 2 aromatic heterocycles. The van der Waals surface area contributed by atoms with E-state index in [-0.39, 0.29) is 5.82 Å². The van der Waals surface area contributed by atoms with Crippen molar-refractivity contribution >= 4 is 33.1 Å². The number of aromatic amines is 1. The van der Waals surface area contributed by atoms with Crippen LogP contribution in [0.15, 0.2) is 26.6 Å². The van der Waals surface area contributed by atoms with Gasteiger partial charge < -0.3 is 5.11 Å². The van der Waals surface area contributed by atoms with Gasteiger partial charge in [-0.2, -0.15) is 5.10 Å². The van der Waals surface area contributed by atoms with E-state index in [1.54, 1.807) is 0 Å². The van der Waals surface area contributed by atoms with Gasteiger partial charge in [-0.3, -0.25) is 9.52 Å². The molecular formula is C8H6N4O5S2.